The maximum absolute atomic E-state index is 5.82. The van der Waals surface area contributed by atoms with E-state index in [2.05, 4.69) is 20.8 Å². The second kappa shape index (κ2) is 9.90. The number of hydrogen-bond acceptors (Lipinski definition) is 4. The summed E-state index contributed by atoms with van der Waals surface area (Å²) in [6.45, 7) is 11.4. The first-order chi connectivity index (χ1) is 11.7. The van der Waals surface area contributed by atoms with Gasteiger partial charge in [0.25, 0.3) is 0 Å². The molecule has 0 atom stereocenters. The molecule has 0 radical (unpaired) electrons. The van der Waals surface area contributed by atoms with Gasteiger partial charge in [-0.3, -0.25) is 0 Å². The Kier molecular flexibility index (Phi) is 7.86. The molecule has 0 amide bonds. The summed E-state index contributed by atoms with van der Waals surface area (Å²) in [7, 11) is 0. The van der Waals surface area contributed by atoms with Crippen molar-refractivity contribution in [2.45, 2.75) is 40.0 Å². The van der Waals surface area contributed by atoms with Crippen molar-refractivity contribution >= 4 is 0 Å². The highest BCUT2D eigenvalue weighted by atomic mass is 16.5. The van der Waals surface area contributed by atoms with E-state index in [0.717, 1.165) is 64.0 Å². The van der Waals surface area contributed by atoms with Crippen LogP contribution in [0.3, 0.4) is 0 Å². The van der Waals surface area contributed by atoms with Gasteiger partial charge in [0.05, 0.1) is 39.6 Å². The molecular weight excluding hydrogens is 304 g/mol. The molecule has 2 heterocycles. The van der Waals surface area contributed by atoms with E-state index in [1.54, 1.807) is 0 Å². The standard InChI is InChI=1S/C17H24O4.C3H8/c1-2-17(12-19-13-17)7-8-20-15-3-5-16(6-4-15)21-11-14-9-18-10-14;1-3-2/h3-6,14H,2,7-13H2,1H3;3H2,1-2H3. The summed E-state index contributed by atoms with van der Waals surface area (Å²) in [4.78, 5) is 0. The zero-order valence-electron chi connectivity index (χ0n) is 15.4. The normalized spacial score (nSPS) is 18.6. The molecule has 2 fully saturated rings. The van der Waals surface area contributed by atoms with Gasteiger partial charge >= 0.3 is 0 Å². The van der Waals surface area contributed by atoms with E-state index in [0.29, 0.717) is 11.3 Å². The topological polar surface area (TPSA) is 36.9 Å². The number of hydrogen-bond donors (Lipinski definition) is 0. The first kappa shape index (κ1) is 19.1. The fraction of sp³-hybridized carbons (Fsp3) is 0.700. The lowest BCUT2D eigenvalue weighted by molar-refractivity contribution is -0.123. The molecule has 0 unspecified atom stereocenters. The molecule has 0 N–H and O–H groups in total. The van der Waals surface area contributed by atoms with Crippen LogP contribution < -0.4 is 9.47 Å². The van der Waals surface area contributed by atoms with E-state index in [4.69, 9.17) is 18.9 Å². The molecule has 2 aliphatic rings. The SMILES string of the molecule is CCC.CCC1(CCOc2ccc(OCC3COC3)cc2)COC1. The second-order valence-corrected chi connectivity index (χ2v) is 6.84. The van der Waals surface area contributed by atoms with Crippen molar-refractivity contribution < 1.29 is 18.9 Å². The minimum Gasteiger partial charge on any atom is -0.494 e. The molecule has 0 saturated carbocycles. The van der Waals surface area contributed by atoms with Crippen molar-refractivity contribution in [2.75, 3.05) is 39.6 Å². The summed E-state index contributed by atoms with van der Waals surface area (Å²) >= 11 is 0. The fourth-order valence-electron chi connectivity index (χ4n) is 2.53. The predicted octanol–water partition coefficient (Wildman–Crippen LogP) is 4.32. The highest BCUT2D eigenvalue weighted by Gasteiger charge is 2.36. The molecule has 3 rings (SSSR count). The molecule has 136 valence electrons. The van der Waals surface area contributed by atoms with Crippen LogP contribution >= 0.6 is 0 Å². The lowest BCUT2D eigenvalue weighted by Gasteiger charge is -2.40. The summed E-state index contributed by atoms with van der Waals surface area (Å²) in [5.74, 6) is 2.35. The molecule has 24 heavy (non-hydrogen) atoms. The quantitative estimate of drug-likeness (QED) is 0.708. The molecule has 4 nitrogen and oxygen atoms in total. The van der Waals surface area contributed by atoms with E-state index in [-0.39, 0.29) is 0 Å². The van der Waals surface area contributed by atoms with E-state index < -0.39 is 0 Å². The van der Waals surface area contributed by atoms with Crippen LogP contribution in [-0.2, 0) is 9.47 Å². The minimum atomic E-state index is 0.355. The van der Waals surface area contributed by atoms with E-state index in [9.17, 15) is 0 Å². The monoisotopic (exact) mass is 336 g/mol. The zero-order chi connectivity index (χ0) is 17.3. The number of ether oxygens (including phenoxy) is 4. The van der Waals surface area contributed by atoms with Gasteiger partial charge < -0.3 is 18.9 Å². The van der Waals surface area contributed by atoms with Crippen LogP contribution in [0.25, 0.3) is 0 Å². The minimum absolute atomic E-state index is 0.355. The summed E-state index contributed by atoms with van der Waals surface area (Å²) in [5, 5.41) is 0. The Labute approximate surface area is 146 Å². The predicted molar refractivity (Wildman–Crippen MR) is 95.9 cm³/mol. The Balaban J connectivity index is 0.000000647. The highest BCUT2D eigenvalue weighted by molar-refractivity contribution is 5.31. The van der Waals surface area contributed by atoms with Gasteiger partial charge in [0.1, 0.15) is 11.5 Å². The zero-order valence-corrected chi connectivity index (χ0v) is 15.4. The Morgan fingerprint density at radius 2 is 1.54 bits per heavy atom. The van der Waals surface area contributed by atoms with Crippen LogP contribution in [0.15, 0.2) is 24.3 Å². The van der Waals surface area contributed by atoms with Crippen LogP contribution in [0.4, 0.5) is 0 Å². The molecule has 0 spiro atoms. The first-order valence-electron chi connectivity index (χ1n) is 9.22. The third-order valence-corrected chi connectivity index (χ3v) is 4.48. The number of benzene rings is 1. The molecule has 0 aliphatic carbocycles. The maximum Gasteiger partial charge on any atom is 0.119 e. The summed E-state index contributed by atoms with van der Waals surface area (Å²) in [6.07, 6.45) is 3.47. The largest absolute Gasteiger partial charge is 0.494 e. The number of rotatable bonds is 8. The Morgan fingerprint density at radius 1 is 0.958 bits per heavy atom. The van der Waals surface area contributed by atoms with Crippen LogP contribution in [0, 0.1) is 11.3 Å². The molecular formula is C20H32O4. The van der Waals surface area contributed by atoms with Gasteiger partial charge in [-0.15, -0.1) is 0 Å². The van der Waals surface area contributed by atoms with Crippen LogP contribution in [0.2, 0.25) is 0 Å². The molecule has 2 aliphatic heterocycles. The van der Waals surface area contributed by atoms with Gasteiger partial charge in [-0.25, -0.2) is 0 Å². The molecule has 2 saturated heterocycles. The lowest BCUT2D eigenvalue weighted by Crippen LogP contribution is -2.43. The van der Waals surface area contributed by atoms with Crippen molar-refractivity contribution in [1.82, 2.24) is 0 Å². The van der Waals surface area contributed by atoms with Crippen molar-refractivity contribution in [3.63, 3.8) is 0 Å². The van der Waals surface area contributed by atoms with Crippen LogP contribution in [0.1, 0.15) is 40.0 Å². The molecule has 0 bridgehead atoms. The molecule has 0 aromatic heterocycles. The highest BCUT2D eigenvalue weighted by Crippen LogP contribution is 2.34. The van der Waals surface area contributed by atoms with Gasteiger partial charge in [0.2, 0.25) is 0 Å². The van der Waals surface area contributed by atoms with Gasteiger partial charge in [-0.2, -0.15) is 0 Å². The summed E-state index contributed by atoms with van der Waals surface area (Å²) in [5.41, 5.74) is 0.355. The smallest absolute Gasteiger partial charge is 0.119 e. The lowest BCUT2D eigenvalue weighted by atomic mass is 9.80. The van der Waals surface area contributed by atoms with Gasteiger partial charge in [0, 0.05) is 11.3 Å². The van der Waals surface area contributed by atoms with Crippen molar-refractivity contribution in [3.8, 4) is 11.5 Å². The Bertz CT molecular complexity index is 444. The molecule has 1 aromatic rings. The summed E-state index contributed by atoms with van der Waals surface area (Å²) < 4.78 is 22.0. The van der Waals surface area contributed by atoms with E-state index >= 15 is 0 Å². The maximum atomic E-state index is 5.82. The average Bonchev–Trinajstić information content (AvgIpc) is 2.51. The molecule has 1 aromatic carbocycles. The van der Waals surface area contributed by atoms with Gasteiger partial charge in [-0.1, -0.05) is 27.2 Å². The van der Waals surface area contributed by atoms with Crippen molar-refractivity contribution in [3.05, 3.63) is 24.3 Å². The van der Waals surface area contributed by atoms with Crippen LogP contribution in [-0.4, -0.2) is 39.6 Å². The van der Waals surface area contributed by atoms with Gasteiger partial charge in [-0.05, 0) is 37.1 Å². The summed E-state index contributed by atoms with van der Waals surface area (Å²) in [6, 6.07) is 7.89. The Morgan fingerprint density at radius 3 is 1.96 bits per heavy atom. The average molecular weight is 336 g/mol. The third-order valence-electron chi connectivity index (χ3n) is 4.48. The Hall–Kier alpha value is -1.26. The van der Waals surface area contributed by atoms with Crippen molar-refractivity contribution in [2.24, 2.45) is 11.3 Å². The second-order valence-electron chi connectivity index (χ2n) is 6.84. The van der Waals surface area contributed by atoms with Crippen LogP contribution in [0.5, 0.6) is 11.5 Å². The van der Waals surface area contributed by atoms with E-state index in [1.165, 1.54) is 6.42 Å². The fourth-order valence-corrected chi connectivity index (χ4v) is 2.53. The first-order valence-corrected chi connectivity index (χ1v) is 9.22. The van der Waals surface area contributed by atoms with Gasteiger partial charge in [0.15, 0.2) is 0 Å². The molecule has 4 heteroatoms. The third kappa shape index (κ3) is 5.67. The van der Waals surface area contributed by atoms with E-state index in [1.807, 2.05) is 24.3 Å². The van der Waals surface area contributed by atoms with Crippen molar-refractivity contribution in [1.29, 1.82) is 0 Å².